The molecular formula is C15H22BrNO. The summed E-state index contributed by atoms with van der Waals surface area (Å²) in [5.41, 5.74) is 2.81. The average molecular weight is 312 g/mol. The van der Waals surface area contributed by atoms with Gasteiger partial charge >= 0.3 is 0 Å². The highest BCUT2D eigenvalue weighted by Crippen LogP contribution is 2.34. The van der Waals surface area contributed by atoms with Crippen LogP contribution in [0.3, 0.4) is 0 Å². The summed E-state index contributed by atoms with van der Waals surface area (Å²) < 4.78 is 0.929. The molecule has 1 fully saturated rings. The van der Waals surface area contributed by atoms with Crippen LogP contribution < -0.4 is 5.32 Å². The van der Waals surface area contributed by atoms with Crippen molar-refractivity contribution >= 4 is 21.8 Å². The second-order valence-corrected chi connectivity index (χ2v) is 6.51. The first kappa shape index (κ1) is 15.2. The molecule has 0 atom stereocenters. The molecular weight excluding hydrogens is 290 g/mol. The monoisotopic (exact) mass is 311 g/mol. The van der Waals surface area contributed by atoms with Gasteiger partial charge in [-0.2, -0.15) is 0 Å². The van der Waals surface area contributed by atoms with Gasteiger partial charge in [-0.3, -0.25) is 4.79 Å². The average Bonchev–Trinajstić information content (AvgIpc) is 2.69. The van der Waals surface area contributed by atoms with E-state index in [1.165, 1.54) is 5.57 Å². The van der Waals surface area contributed by atoms with E-state index in [4.69, 9.17) is 0 Å². The van der Waals surface area contributed by atoms with Gasteiger partial charge in [0.1, 0.15) is 0 Å². The first-order valence-electron chi connectivity index (χ1n) is 6.32. The van der Waals surface area contributed by atoms with Gasteiger partial charge in [-0.25, -0.2) is 0 Å². The Balaban J connectivity index is 3.09. The summed E-state index contributed by atoms with van der Waals surface area (Å²) in [5.74, 6) is 0.0310. The molecule has 0 unspecified atom stereocenters. The van der Waals surface area contributed by atoms with Crippen LogP contribution in [0.25, 0.3) is 0 Å². The van der Waals surface area contributed by atoms with Crippen molar-refractivity contribution in [3.63, 3.8) is 0 Å². The largest absolute Gasteiger partial charge is 0.324 e. The molecule has 0 aromatic carbocycles. The van der Waals surface area contributed by atoms with Crippen LogP contribution in [0.4, 0.5) is 0 Å². The molecule has 1 saturated carbocycles. The first-order valence-corrected chi connectivity index (χ1v) is 7.11. The molecule has 1 amide bonds. The zero-order valence-electron chi connectivity index (χ0n) is 11.7. The van der Waals surface area contributed by atoms with Crippen molar-refractivity contribution < 1.29 is 4.79 Å². The standard InChI is InChI=1S/C15H22BrNO/c1-6-12(16)13(11-9-7-8-10(11)2)17-14(18)15(3,4)5/h6H,2,7-9H2,1,3-5H3,(H,17,18)/b12-6+,13-11+. The van der Waals surface area contributed by atoms with Crippen LogP contribution in [-0.4, -0.2) is 5.91 Å². The highest BCUT2D eigenvalue weighted by atomic mass is 79.9. The number of halogens is 1. The van der Waals surface area contributed by atoms with Crippen molar-refractivity contribution in [2.24, 2.45) is 5.41 Å². The molecule has 0 saturated heterocycles. The number of allylic oxidation sites excluding steroid dienone is 4. The zero-order chi connectivity index (χ0) is 13.9. The molecule has 0 aromatic rings. The van der Waals surface area contributed by atoms with E-state index in [1.54, 1.807) is 0 Å². The van der Waals surface area contributed by atoms with Gasteiger partial charge in [-0.05, 0) is 53.3 Å². The molecule has 0 heterocycles. The van der Waals surface area contributed by atoms with Gasteiger partial charge in [-0.1, -0.05) is 33.4 Å². The predicted octanol–water partition coefficient (Wildman–Crippen LogP) is 4.44. The zero-order valence-corrected chi connectivity index (χ0v) is 13.3. The van der Waals surface area contributed by atoms with E-state index in [9.17, 15) is 4.79 Å². The topological polar surface area (TPSA) is 29.1 Å². The second-order valence-electron chi connectivity index (χ2n) is 5.65. The second kappa shape index (κ2) is 5.87. The third-order valence-electron chi connectivity index (χ3n) is 3.05. The van der Waals surface area contributed by atoms with E-state index in [-0.39, 0.29) is 5.91 Å². The van der Waals surface area contributed by atoms with E-state index in [2.05, 4.69) is 27.8 Å². The molecule has 100 valence electrons. The summed E-state index contributed by atoms with van der Waals surface area (Å²) in [5, 5.41) is 3.04. The fraction of sp³-hybridized carbons (Fsp3) is 0.533. The number of rotatable bonds is 2. The minimum Gasteiger partial charge on any atom is -0.324 e. The van der Waals surface area contributed by atoms with E-state index in [0.717, 1.165) is 35.0 Å². The summed E-state index contributed by atoms with van der Waals surface area (Å²) in [6.45, 7) is 11.8. The minimum absolute atomic E-state index is 0.0310. The van der Waals surface area contributed by atoms with Gasteiger partial charge in [0.2, 0.25) is 5.91 Å². The van der Waals surface area contributed by atoms with Crippen LogP contribution in [-0.2, 0) is 4.79 Å². The van der Waals surface area contributed by atoms with Crippen molar-refractivity contribution in [3.8, 4) is 0 Å². The number of hydrogen-bond acceptors (Lipinski definition) is 1. The quantitative estimate of drug-likeness (QED) is 0.802. The molecule has 0 bridgehead atoms. The van der Waals surface area contributed by atoms with Gasteiger partial charge in [0, 0.05) is 9.90 Å². The Morgan fingerprint density at radius 2 is 2.00 bits per heavy atom. The summed E-state index contributed by atoms with van der Waals surface area (Å²) in [4.78, 5) is 12.1. The van der Waals surface area contributed by atoms with Crippen LogP contribution in [0.15, 0.2) is 34.0 Å². The molecule has 0 spiro atoms. The lowest BCUT2D eigenvalue weighted by atomic mass is 9.95. The Hall–Kier alpha value is -0.830. The van der Waals surface area contributed by atoms with E-state index >= 15 is 0 Å². The van der Waals surface area contributed by atoms with Gasteiger partial charge in [0.25, 0.3) is 0 Å². The van der Waals surface area contributed by atoms with Crippen molar-refractivity contribution in [2.75, 3.05) is 0 Å². The first-order chi connectivity index (χ1) is 8.27. The number of nitrogens with one attached hydrogen (secondary N) is 1. The minimum atomic E-state index is -0.396. The van der Waals surface area contributed by atoms with Crippen LogP contribution in [0.2, 0.25) is 0 Å². The van der Waals surface area contributed by atoms with Crippen molar-refractivity contribution in [1.82, 2.24) is 5.32 Å². The normalized spacial score (nSPS) is 20.1. The molecule has 3 heteroatoms. The number of carbonyl (C=O) groups excluding carboxylic acids is 1. The van der Waals surface area contributed by atoms with Crippen molar-refractivity contribution in [3.05, 3.63) is 34.0 Å². The third-order valence-corrected chi connectivity index (χ3v) is 3.90. The Labute approximate surface area is 118 Å². The maximum Gasteiger partial charge on any atom is 0.229 e. The SMILES string of the molecule is C=C1CCC/C1=C(NC(=O)C(C)(C)C)/C(Br)=C\C. The third kappa shape index (κ3) is 3.58. The lowest BCUT2D eigenvalue weighted by Crippen LogP contribution is -2.35. The van der Waals surface area contributed by atoms with Crippen molar-refractivity contribution in [1.29, 1.82) is 0 Å². The summed E-state index contributed by atoms with van der Waals surface area (Å²) >= 11 is 3.52. The molecule has 0 aliphatic heterocycles. The maximum atomic E-state index is 12.1. The number of carbonyl (C=O) groups is 1. The number of hydrogen-bond donors (Lipinski definition) is 1. The maximum absolute atomic E-state index is 12.1. The lowest BCUT2D eigenvalue weighted by Gasteiger charge is -2.21. The van der Waals surface area contributed by atoms with Gasteiger partial charge in [0.15, 0.2) is 0 Å². The highest BCUT2D eigenvalue weighted by Gasteiger charge is 2.25. The van der Waals surface area contributed by atoms with Gasteiger partial charge in [0.05, 0.1) is 5.70 Å². The molecule has 1 aliphatic rings. The predicted molar refractivity (Wildman–Crippen MR) is 80.3 cm³/mol. The molecule has 0 radical (unpaired) electrons. The Morgan fingerprint density at radius 1 is 1.39 bits per heavy atom. The van der Waals surface area contributed by atoms with Gasteiger partial charge < -0.3 is 5.32 Å². The highest BCUT2D eigenvalue weighted by molar-refractivity contribution is 9.12. The Morgan fingerprint density at radius 3 is 2.39 bits per heavy atom. The smallest absolute Gasteiger partial charge is 0.229 e. The van der Waals surface area contributed by atoms with Crippen LogP contribution >= 0.6 is 15.9 Å². The van der Waals surface area contributed by atoms with E-state index < -0.39 is 5.41 Å². The molecule has 0 aromatic heterocycles. The van der Waals surface area contributed by atoms with E-state index in [0.29, 0.717) is 0 Å². The van der Waals surface area contributed by atoms with Crippen LogP contribution in [0.1, 0.15) is 47.0 Å². The molecule has 1 N–H and O–H groups in total. The molecule has 2 nitrogen and oxygen atoms in total. The molecule has 18 heavy (non-hydrogen) atoms. The molecule has 1 aliphatic carbocycles. The Kier molecular flexibility index (Phi) is 4.97. The van der Waals surface area contributed by atoms with Crippen LogP contribution in [0.5, 0.6) is 0 Å². The van der Waals surface area contributed by atoms with Gasteiger partial charge in [-0.15, -0.1) is 0 Å². The van der Waals surface area contributed by atoms with Crippen molar-refractivity contribution in [2.45, 2.75) is 47.0 Å². The summed E-state index contributed by atoms with van der Waals surface area (Å²) in [6, 6.07) is 0. The van der Waals surface area contributed by atoms with E-state index in [1.807, 2.05) is 33.8 Å². The summed E-state index contributed by atoms with van der Waals surface area (Å²) in [6.07, 6.45) is 5.08. The lowest BCUT2D eigenvalue weighted by molar-refractivity contribution is -0.127. The van der Waals surface area contributed by atoms with Crippen LogP contribution in [0, 0.1) is 5.41 Å². The Bertz CT molecular complexity index is 424. The fourth-order valence-electron chi connectivity index (χ4n) is 1.83. The molecule has 1 rings (SSSR count). The number of amides is 1. The summed E-state index contributed by atoms with van der Waals surface area (Å²) in [7, 11) is 0. The fourth-order valence-corrected chi connectivity index (χ4v) is 2.17.